The van der Waals surface area contributed by atoms with Crippen molar-refractivity contribution in [3.8, 4) is 11.1 Å². The second kappa shape index (κ2) is 6.81. The fourth-order valence-corrected chi connectivity index (χ4v) is 2.82. The van der Waals surface area contributed by atoms with Gasteiger partial charge in [-0.3, -0.25) is 4.79 Å². The van der Waals surface area contributed by atoms with Crippen LogP contribution >= 0.6 is 0 Å². The molecule has 2 N–H and O–H groups in total. The summed E-state index contributed by atoms with van der Waals surface area (Å²) < 4.78 is 0. The Labute approximate surface area is 147 Å². The van der Waals surface area contributed by atoms with Crippen LogP contribution < -0.4 is 10.6 Å². The van der Waals surface area contributed by atoms with Gasteiger partial charge in [-0.05, 0) is 48.2 Å². The van der Waals surface area contributed by atoms with Gasteiger partial charge in [0.15, 0.2) is 0 Å². The summed E-state index contributed by atoms with van der Waals surface area (Å²) >= 11 is 0. The summed E-state index contributed by atoms with van der Waals surface area (Å²) in [7, 11) is 0. The molecule has 4 rings (SSSR count). The third-order valence-electron chi connectivity index (χ3n) is 4.35. The topological polar surface area (TPSA) is 41.1 Å². The highest BCUT2D eigenvalue weighted by Crippen LogP contribution is 2.33. The highest BCUT2D eigenvalue weighted by atomic mass is 16.1. The SMILES string of the molecule is O=C(Nc1cc(-c2ccccc2)ccc1NC1CC1)c1ccccc1. The highest BCUT2D eigenvalue weighted by molar-refractivity contribution is 6.06. The first-order chi connectivity index (χ1) is 12.3. The third kappa shape index (κ3) is 3.72. The van der Waals surface area contributed by atoms with Crippen LogP contribution in [0.3, 0.4) is 0 Å². The Morgan fingerprint density at radius 1 is 0.760 bits per heavy atom. The number of hydrogen-bond donors (Lipinski definition) is 2. The van der Waals surface area contributed by atoms with Gasteiger partial charge in [0.05, 0.1) is 11.4 Å². The molecular formula is C22H20N2O. The van der Waals surface area contributed by atoms with Gasteiger partial charge in [0, 0.05) is 11.6 Å². The Kier molecular flexibility index (Phi) is 4.21. The predicted octanol–water partition coefficient (Wildman–Crippen LogP) is 5.18. The van der Waals surface area contributed by atoms with E-state index in [1.807, 2.05) is 54.6 Å². The zero-order valence-electron chi connectivity index (χ0n) is 13.9. The first-order valence-corrected chi connectivity index (χ1v) is 8.62. The summed E-state index contributed by atoms with van der Waals surface area (Å²) in [6.07, 6.45) is 2.37. The fraction of sp³-hybridized carbons (Fsp3) is 0.136. The molecule has 0 unspecified atom stereocenters. The molecule has 3 nitrogen and oxygen atoms in total. The van der Waals surface area contributed by atoms with Gasteiger partial charge in [0.2, 0.25) is 0 Å². The number of benzene rings is 3. The van der Waals surface area contributed by atoms with Crippen LogP contribution in [0.25, 0.3) is 11.1 Å². The molecule has 25 heavy (non-hydrogen) atoms. The summed E-state index contributed by atoms with van der Waals surface area (Å²) in [5, 5.41) is 6.57. The molecule has 3 aromatic carbocycles. The molecule has 0 aromatic heterocycles. The molecule has 0 bridgehead atoms. The zero-order chi connectivity index (χ0) is 17.1. The summed E-state index contributed by atoms with van der Waals surface area (Å²) in [6, 6.07) is 26.2. The molecule has 124 valence electrons. The lowest BCUT2D eigenvalue weighted by Crippen LogP contribution is -2.14. The summed E-state index contributed by atoms with van der Waals surface area (Å²) in [6.45, 7) is 0. The van der Waals surface area contributed by atoms with E-state index in [1.54, 1.807) is 0 Å². The summed E-state index contributed by atoms with van der Waals surface area (Å²) in [4.78, 5) is 12.6. The maximum absolute atomic E-state index is 12.6. The Balaban J connectivity index is 1.66. The fourth-order valence-electron chi connectivity index (χ4n) is 2.82. The van der Waals surface area contributed by atoms with Gasteiger partial charge in [-0.15, -0.1) is 0 Å². The van der Waals surface area contributed by atoms with Gasteiger partial charge in [-0.1, -0.05) is 54.6 Å². The maximum atomic E-state index is 12.6. The van der Waals surface area contributed by atoms with Gasteiger partial charge in [0.1, 0.15) is 0 Å². The van der Waals surface area contributed by atoms with Gasteiger partial charge >= 0.3 is 0 Å². The molecule has 3 aromatic rings. The smallest absolute Gasteiger partial charge is 0.255 e. The minimum absolute atomic E-state index is 0.0929. The Morgan fingerprint density at radius 3 is 2.12 bits per heavy atom. The number of hydrogen-bond acceptors (Lipinski definition) is 2. The van der Waals surface area contributed by atoms with E-state index in [9.17, 15) is 4.79 Å². The molecule has 0 heterocycles. The van der Waals surface area contributed by atoms with Crippen molar-refractivity contribution in [3.63, 3.8) is 0 Å². The molecule has 1 fully saturated rings. The van der Waals surface area contributed by atoms with E-state index in [0.29, 0.717) is 11.6 Å². The van der Waals surface area contributed by atoms with Gasteiger partial charge in [-0.2, -0.15) is 0 Å². The van der Waals surface area contributed by atoms with Crippen LogP contribution in [0.5, 0.6) is 0 Å². The average molecular weight is 328 g/mol. The van der Waals surface area contributed by atoms with Crippen molar-refractivity contribution < 1.29 is 4.79 Å². The minimum Gasteiger partial charge on any atom is -0.381 e. The quantitative estimate of drug-likeness (QED) is 0.677. The van der Waals surface area contributed by atoms with E-state index >= 15 is 0 Å². The van der Waals surface area contributed by atoms with Crippen molar-refractivity contribution in [2.75, 3.05) is 10.6 Å². The van der Waals surface area contributed by atoms with Crippen molar-refractivity contribution >= 4 is 17.3 Å². The van der Waals surface area contributed by atoms with Crippen molar-refractivity contribution in [3.05, 3.63) is 84.4 Å². The van der Waals surface area contributed by atoms with Crippen LogP contribution in [0.1, 0.15) is 23.2 Å². The summed E-state index contributed by atoms with van der Waals surface area (Å²) in [5.74, 6) is -0.0929. The van der Waals surface area contributed by atoms with E-state index in [1.165, 1.54) is 12.8 Å². The van der Waals surface area contributed by atoms with Crippen LogP contribution in [-0.2, 0) is 0 Å². The van der Waals surface area contributed by atoms with Crippen LogP contribution in [0, 0.1) is 0 Å². The van der Waals surface area contributed by atoms with Crippen LogP contribution in [0.15, 0.2) is 78.9 Å². The van der Waals surface area contributed by atoms with Crippen LogP contribution in [0.4, 0.5) is 11.4 Å². The molecule has 0 saturated heterocycles. The molecule has 1 aliphatic rings. The largest absolute Gasteiger partial charge is 0.381 e. The average Bonchev–Trinajstić information content (AvgIpc) is 3.48. The third-order valence-corrected chi connectivity index (χ3v) is 4.35. The summed E-state index contributed by atoms with van der Waals surface area (Å²) in [5.41, 5.74) is 4.68. The predicted molar refractivity (Wildman–Crippen MR) is 103 cm³/mol. The minimum atomic E-state index is -0.0929. The molecule has 0 aliphatic heterocycles. The number of carbonyl (C=O) groups excluding carboxylic acids is 1. The van der Waals surface area contributed by atoms with Gasteiger partial charge < -0.3 is 10.6 Å². The molecule has 1 aliphatic carbocycles. The standard InChI is InChI=1S/C22H20N2O/c25-22(17-9-5-2-6-10-17)24-21-15-18(16-7-3-1-4-8-16)11-14-20(21)23-19-12-13-19/h1-11,14-15,19,23H,12-13H2,(H,24,25). The van der Waals surface area contributed by atoms with E-state index in [4.69, 9.17) is 0 Å². The van der Waals surface area contributed by atoms with E-state index in [0.717, 1.165) is 22.5 Å². The Hall–Kier alpha value is -3.07. The van der Waals surface area contributed by atoms with Crippen molar-refractivity contribution in [2.24, 2.45) is 0 Å². The van der Waals surface area contributed by atoms with E-state index < -0.39 is 0 Å². The molecule has 1 amide bonds. The Morgan fingerprint density at radius 2 is 1.44 bits per heavy atom. The monoisotopic (exact) mass is 328 g/mol. The second-order valence-corrected chi connectivity index (χ2v) is 6.37. The van der Waals surface area contributed by atoms with Gasteiger partial charge in [-0.25, -0.2) is 0 Å². The van der Waals surface area contributed by atoms with Crippen molar-refractivity contribution in [2.45, 2.75) is 18.9 Å². The van der Waals surface area contributed by atoms with Crippen LogP contribution in [0.2, 0.25) is 0 Å². The second-order valence-electron chi connectivity index (χ2n) is 6.37. The van der Waals surface area contributed by atoms with Crippen LogP contribution in [-0.4, -0.2) is 11.9 Å². The highest BCUT2D eigenvalue weighted by Gasteiger charge is 2.22. The molecule has 3 heteroatoms. The maximum Gasteiger partial charge on any atom is 0.255 e. The lowest BCUT2D eigenvalue weighted by atomic mass is 10.0. The molecule has 0 spiro atoms. The number of nitrogens with one attached hydrogen (secondary N) is 2. The zero-order valence-corrected chi connectivity index (χ0v) is 13.9. The lowest BCUT2D eigenvalue weighted by Gasteiger charge is -2.15. The van der Waals surface area contributed by atoms with E-state index in [2.05, 4.69) is 34.9 Å². The molecule has 0 radical (unpaired) electrons. The number of amides is 1. The van der Waals surface area contributed by atoms with E-state index in [-0.39, 0.29) is 5.91 Å². The number of rotatable bonds is 5. The van der Waals surface area contributed by atoms with Crippen molar-refractivity contribution in [1.82, 2.24) is 0 Å². The first kappa shape index (κ1) is 15.5. The first-order valence-electron chi connectivity index (χ1n) is 8.62. The van der Waals surface area contributed by atoms with Crippen molar-refractivity contribution in [1.29, 1.82) is 0 Å². The van der Waals surface area contributed by atoms with Gasteiger partial charge in [0.25, 0.3) is 5.91 Å². The normalized spacial score (nSPS) is 13.3. The Bertz CT molecular complexity index is 871. The molecule has 0 atom stereocenters. The number of anilines is 2. The molecular weight excluding hydrogens is 308 g/mol. The molecule has 1 saturated carbocycles. The number of carbonyl (C=O) groups is 1. The lowest BCUT2D eigenvalue weighted by molar-refractivity contribution is 0.102.